The molecular formula is C11H14ClN3OS. The lowest BCUT2D eigenvalue weighted by molar-refractivity contribution is 0.171. The highest BCUT2D eigenvalue weighted by Crippen LogP contribution is 2.27. The van der Waals surface area contributed by atoms with Gasteiger partial charge in [-0.15, -0.1) is 11.3 Å². The van der Waals surface area contributed by atoms with Gasteiger partial charge in [0.2, 0.25) is 5.28 Å². The maximum absolute atomic E-state index is 9.20. The van der Waals surface area contributed by atoms with Crippen molar-refractivity contribution in [2.45, 2.75) is 13.8 Å². The second kappa shape index (κ2) is 4.76. The third kappa shape index (κ3) is 2.86. The molecule has 6 heteroatoms. The van der Waals surface area contributed by atoms with E-state index in [9.17, 15) is 5.11 Å². The van der Waals surface area contributed by atoms with Crippen LogP contribution in [0.1, 0.15) is 13.8 Å². The first kappa shape index (κ1) is 12.5. The third-order valence-electron chi connectivity index (χ3n) is 2.46. The molecule has 2 rings (SSSR count). The van der Waals surface area contributed by atoms with Gasteiger partial charge in [0.15, 0.2) is 0 Å². The first-order chi connectivity index (χ1) is 8.02. The summed E-state index contributed by atoms with van der Waals surface area (Å²) in [5, 5.41) is 15.6. The molecule has 2 aromatic heterocycles. The van der Waals surface area contributed by atoms with Gasteiger partial charge < -0.3 is 10.4 Å². The van der Waals surface area contributed by atoms with Crippen molar-refractivity contribution in [3.05, 3.63) is 16.7 Å². The maximum Gasteiger partial charge on any atom is 0.225 e. The first-order valence-corrected chi connectivity index (χ1v) is 6.53. The third-order valence-corrected chi connectivity index (χ3v) is 3.44. The predicted octanol–water partition coefficient (Wildman–Crippen LogP) is 2.78. The van der Waals surface area contributed by atoms with Gasteiger partial charge in [-0.3, -0.25) is 0 Å². The van der Waals surface area contributed by atoms with Crippen LogP contribution < -0.4 is 5.32 Å². The minimum Gasteiger partial charge on any atom is -0.396 e. The van der Waals surface area contributed by atoms with Gasteiger partial charge in [-0.25, -0.2) is 9.97 Å². The molecule has 0 amide bonds. The largest absolute Gasteiger partial charge is 0.396 e. The molecule has 2 aromatic rings. The monoisotopic (exact) mass is 271 g/mol. The van der Waals surface area contributed by atoms with Crippen LogP contribution in [0.2, 0.25) is 5.28 Å². The molecule has 0 aliphatic heterocycles. The van der Waals surface area contributed by atoms with Crippen LogP contribution in [0.25, 0.3) is 10.2 Å². The molecule has 0 radical (unpaired) electrons. The van der Waals surface area contributed by atoms with Crippen LogP contribution in [-0.4, -0.2) is 28.2 Å². The Hall–Kier alpha value is -0.910. The fourth-order valence-corrected chi connectivity index (χ4v) is 2.33. The van der Waals surface area contributed by atoms with Crippen LogP contribution in [0, 0.1) is 5.41 Å². The van der Waals surface area contributed by atoms with Crippen molar-refractivity contribution < 1.29 is 5.11 Å². The van der Waals surface area contributed by atoms with Crippen molar-refractivity contribution >= 4 is 39.0 Å². The molecule has 0 saturated carbocycles. The van der Waals surface area contributed by atoms with Crippen LogP contribution in [-0.2, 0) is 0 Å². The molecular weight excluding hydrogens is 258 g/mol. The van der Waals surface area contributed by atoms with Crippen LogP contribution in [0.5, 0.6) is 0 Å². The number of halogens is 1. The summed E-state index contributed by atoms with van der Waals surface area (Å²) in [6, 6.07) is 1.96. The predicted molar refractivity (Wildman–Crippen MR) is 71.8 cm³/mol. The summed E-state index contributed by atoms with van der Waals surface area (Å²) in [5.41, 5.74) is -0.195. The van der Waals surface area contributed by atoms with Crippen LogP contribution >= 0.6 is 22.9 Å². The van der Waals surface area contributed by atoms with Crippen molar-refractivity contribution in [1.29, 1.82) is 0 Å². The molecule has 0 aliphatic carbocycles. The van der Waals surface area contributed by atoms with Gasteiger partial charge in [0.05, 0.1) is 5.39 Å². The number of rotatable bonds is 4. The molecule has 0 bridgehead atoms. The van der Waals surface area contributed by atoms with E-state index in [0.717, 1.165) is 16.0 Å². The molecule has 0 aromatic carbocycles. The van der Waals surface area contributed by atoms with E-state index in [1.807, 2.05) is 25.3 Å². The van der Waals surface area contributed by atoms with Gasteiger partial charge in [-0.1, -0.05) is 13.8 Å². The number of fused-ring (bicyclic) bond motifs is 1. The fourth-order valence-electron chi connectivity index (χ4n) is 1.34. The number of aliphatic hydroxyl groups is 1. The zero-order valence-corrected chi connectivity index (χ0v) is 11.3. The summed E-state index contributed by atoms with van der Waals surface area (Å²) in [7, 11) is 0. The molecule has 0 unspecified atom stereocenters. The van der Waals surface area contributed by atoms with E-state index in [0.29, 0.717) is 6.54 Å². The van der Waals surface area contributed by atoms with E-state index in [1.54, 1.807) is 0 Å². The smallest absolute Gasteiger partial charge is 0.225 e. The lowest BCUT2D eigenvalue weighted by atomic mass is 9.95. The average Bonchev–Trinajstić information content (AvgIpc) is 2.73. The van der Waals surface area contributed by atoms with E-state index in [2.05, 4.69) is 15.3 Å². The minimum atomic E-state index is -0.195. The molecule has 0 aliphatic rings. The normalized spacial score (nSPS) is 12.0. The van der Waals surface area contributed by atoms with Gasteiger partial charge >= 0.3 is 0 Å². The SMILES string of the molecule is CC(C)(CO)CNc1nc(Cl)nc2sccc12. The van der Waals surface area contributed by atoms with E-state index in [4.69, 9.17) is 11.6 Å². The number of aromatic nitrogens is 2. The van der Waals surface area contributed by atoms with Crippen molar-refractivity contribution in [2.24, 2.45) is 5.41 Å². The molecule has 92 valence electrons. The summed E-state index contributed by atoms with van der Waals surface area (Å²) >= 11 is 7.39. The van der Waals surface area contributed by atoms with Crippen LogP contribution in [0.3, 0.4) is 0 Å². The van der Waals surface area contributed by atoms with Gasteiger partial charge in [-0.05, 0) is 23.0 Å². The quantitative estimate of drug-likeness (QED) is 0.840. The van der Waals surface area contributed by atoms with Crippen LogP contribution in [0.15, 0.2) is 11.4 Å². The Balaban J connectivity index is 2.26. The van der Waals surface area contributed by atoms with E-state index < -0.39 is 0 Å². The number of anilines is 1. The van der Waals surface area contributed by atoms with Gasteiger partial charge in [0.1, 0.15) is 10.6 Å². The summed E-state index contributed by atoms with van der Waals surface area (Å²) in [5.74, 6) is 0.725. The van der Waals surface area contributed by atoms with Crippen molar-refractivity contribution in [1.82, 2.24) is 9.97 Å². The Morgan fingerprint density at radius 3 is 2.94 bits per heavy atom. The molecule has 0 saturated heterocycles. The Bertz CT molecular complexity index is 526. The highest BCUT2D eigenvalue weighted by Gasteiger charge is 2.17. The van der Waals surface area contributed by atoms with Gasteiger partial charge in [0.25, 0.3) is 0 Å². The lowest BCUT2D eigenvalue weighted by Crippen LogP contribution is -2.27. The van der Waals surface area contributed by atoms with Crippen molar-refractivity contribution in [3.63, 3.8) is 0 Å². The topological polar surface area (TPSA) is 58.0 Å². The minimum absolute atomic E-state index is 0.117. The van der Waals surface area contributed by atoms with Gasteiger partial charge in [-0.2, -0.15) is 0 Å². The standard InChI is InChI=1S/C11H14ClN3OS/c1-11(2,6-16)5-13-8-7-3-4-17-9(7)15-10(12)14-8/h3-4,16H,5-6H2,1-2H3,(H,13,14,15). The van der Waals surface area contributed by atoms with Crippen molar-refractivity contribution in [3.8, 4) is 0 Å². The Morgan fingerprint density at radius 2 is 2.24 bits per heavy atom. The summed E-state index contributed by atoms with van der Waals surface area (Å²) in [4.78, 5) is 9.19. The van der Waals surface area contributed by atoms with E-state index in [-0.39, 0.29) is 17.3 Å². The van der Waals surface area contributed by atoms with E-state index in [1.165, 1.54) is 11.3 Å². The van der Waals surface area contributed by atoms with E-state index >= 15 is 0 Å². The highest BCUT2D eigenvalue weighted by atomic mass is 35.5. The summed E-state index contributed by atoms with van der Waals surface area (Å²) in [6.07, 6.45) is 0. The zero-order valence-electron chi connectivity index (χ0n) is 9.70. The second-order valence-electron chi connectivity index (χ2n) is 4.66. The number of nitrogens with one attached hydrogen (secondary N) is 1. The molecule has 0 fully saturated rings. The molecule has 0 atom stereocenters. The number of hydrogen-bond acceptors (Lipinski definition) is 5. The Morgan fingerprint density at radius 1 is 1.47 bits per heavy atom. The number of thiophene rings is 1. The molecule has 17 heavy (non-hydrogen) atoms. The Kier molecular flexibility index (Phi) is 3.51. The summed E-state index contributed by atoms with van der Waals surface area (Å²) < 4.78 is 0. The average molecular weight is 272 g/mol. The fraction of sp³-hybridized carbons (Fsp3) is 0.455. The summed E-state index contributed by atoms with van der Waals surface area (Å²) in [6.45, 7) is 4.70. The molecule has 0 spiro atoms. The Labute approximate surface area is 109 Å². The highest BCUT2D eigenvalue weighted by molar-refractivity contribution is 7.16. The second-order valence-corrected chi connectivity index (χ2v) is 5.89. The van der Waals surface area contributed by atoms with Crippen molar-refractivity contribution in [2.75, 3.05) is 18.5 Å². The number of aliphatic hydroxyl groups excluding tert-OH is 1. The molecule has 4 nitrogen and oxygen atoms in total. The first-order valence-electron chi connectivity index (χ1n) is 5.27. The molecule has 2 heterocycles. The molecule has 2 N–H and O–H groups in total. The number of hydrogen-bond donors (Lipinski definition) is 2. The van der Waals surface area contributed by atoms with Crippen LogP contribution in [0.4, 0.5) is 5.82 Å². The number of nitrogens with zero attached hydrogens (tertiary/aromatic N) is 2. The lowest BCUT2D eigenvalue weighted by Gasteiger charge is -2.22. The maximum atomic E-state index is 9.20. The zero-order chi connectivity index (χ0) is 12.5. The van der Waals surface area contributed by atoms with Gasteiger partial charge in [0, 0.05) is 18.6 Å².